The minimum absolute atomic E-state index is 0.0288. The average molecular weight is 755 g/mol. The van der Waals surface area contributed by atoms with E-state index in [0.29, 0.717) is 43.3 Å². The van der Waals surface area contributed by atoms with Crippen LogP contribution in [0.1, 0.15) is 41.3 Å². The van der Waals surface area contributed by atoms with Crippen LogP contribution in [0.2, 0.25) is 5.02 Å². The molecule has 10 nitrogen and oxygen atoms in total. The Morgan fingerprint density at radius 2 is 1.93 bits per heavy atom. The van der Waals surface area contributed by atoms with Crippen LogP contribution in [-0.4, -0.2) is 58.9 Å². The SMILES string of the molecule is Fc1cc(Cl)cc(F)c1COc1nc2c(cc1I)CCN(Cc1nc3cc(-c4n[nH]c(C(F)F)n4)ncc3n1C[C@@H]1CCO1)C2. The number of benzene rings is 1. The largest absolute Gasteiger partial charge is 0.472 e. The number of ether oxygens (including phenoxy) is 2. The van der Waals surface area contributed by atoms with Crippen molar-refractivity contribution in [2.75, 3.05) is 13.2 Å². The smallest absolute Gasteiger partial charge is 0.296 e. The summed E-state index contributed by atoms with van der Waals surface area (Å²) < 4.78 is 69.0. The van der Waals surface area contributed by atoms with Crippen molar-refractivity contribution in [2.45, 2.75) is 51.6 Å². The predicted octanol–water partition coefficient (Wildman–Crippen LogP) is 6.01. The second kappa shape index (κ2) is 12.4. The lowest BCUT2D eigenvalue weighted by molar-refractivity contribution is -0.0592. The highest BCUT2D eigenvalue weighted by Crippen LogP contribution is 2.30. The molecule has 7 rings (SSSR count). The number of pyridine rings is 2. The van der Waals surface area contributed by atoms with Crippen molar-refractivity contribution in [1.29, 1.82) is 0 Å². The van der Waals surface area contributed by atoms with Gasteiger partial charge in [0.15, 0.2) is 11.6 Å². The summed E-state index contributed by atoms with van der Waals surface area (Å²) in [6, 6.07) is 5.78. The minimum atomic E-state index is -2.77. The van der Waals surface area contributed by atoms with Gasteiger partial charge in [0.25, 0.3) is 6.43 Å². The Kier molecular flexibility index (Phi) is 8.35. The molecule has 234 valence electrons. The fraction of sp³-hybridized carbons (Fsp3) is 0.345. The molecule has 0 amide bonds. The Balaban J connectivity index is 1.13. The molecule has 1 fully saturated rings. The molecule has 6 heterocycles. The Bertz CT molecular complexity index is 1880. The van der Waals surface area contributed by atoms with Gasteiger partial charge in [0.05, 0.1) is 51.3 Å². The highest BCUT2D eigenvalue weighted by molar-refractivity contribution is 14.1. The zero-order valence-corrected chi connectivity index (χ0v) is 26.3. The molecule has 0 saturated carbocycles. The van der Waals surface area contributed by atoms with Crippen molar-refractivity contribution >= 4 is 45.2 Å². The zero-order chi connectivity index (χ0) is 31.2. The van der Waals surface area contributed by atoms with Gasteiger partial charge in [-0.3, -0.25) is 15.0 Å². The highest BCUT2D eigenvalue weighted by atomic mass is 127. The summed E-state index contributed by atoms with van der Waals surface area (Å²) in [5.74, 6) is -0.933. The van der Waals surface area contributed by atoms with Crippen LogP contribution in [0.25, 0.3) is 22.6 Å². The Morgan fingerprint density at radius 1 is 1.13 bits per heavy atom. The first kappa shape index (κ1) is 30.3. The van der Waals surface area contributed by atoms with E-state index in [4.69, 9.17) is 31.0 Å². The first-order chi connectivity index (χ1) is 21.7. The maximum absolute atomic E-state index is 14.3. The van der Waals surface area contributed by atoms with Crippen LogP contribution in [-0.2, 0) is 37.4 Å². The summed E-state index contributed by atoms with van der Waals surface area (Å²) in [5, 5.41) is 6.10. The summed E-state index contributed by atoms with van der Waals surface area (Å²) in [7, 11) is 0. The molecular weight excluding hydrogens is 731 g/mol. The van der Waals surface area contributed by atoms with Crippen molar-refractivity contribution in [3.63, 3.8) is 0 Å². The number of hydrogen-bond donors (Lipinski definition) is 1. The second-order valence-corrected chi connectivity index (χ2v) is 12.4. The first-order valence-electron chi connectivity index (χ1n) is 14.1. The number of halogens is 6. The van der Waals surface area contributed by atoms with Crippen LogP contribution >= 0.6 is 34.2 Å². The van der Waals surface area contributed by atoms with Gasteiger partial charge < -0.3 is 14.0 Å². The lowest BCUT2D eigenvalue weighted by atomic mass is 10.1. The van der Waals surface area contributed by atoms with Gasteiger partial charge in [-0.1, -0.05) is 11.6 Å². The van der Waals surface area contributed by atoms with Crippen LogP contribution in [0.15, 0.2) is 30.5 Å². The number of nitrogens with zero attached hydrogens (tertiary/aromatic N) is 7. The van der Waals surface area contributed by atoms with Crippen LogP contribution in [0.3, 0.4) is 0 Å². The topological polar surface area (TPSA) is 107 Å². The third-order valence-corrected chi connectivity index (χ3v) is 8.83. The van der Waals surface area contributed by atoms with Crippen LogP contribution in [0.4, 0.5) is 17.6 Å². The maximum Gasteiger partial charge on any atom is 0.296 e. The van der Waals surface area contributed by atoms with E-state index in [0.717, 1.165) is 57.7 Å². The number of imidazole rings is 1. The normalized spacial score (nSPS) is 16.7. The number of nitrogens with one attached hydrogen (secondary N) is 1. The van der Waals surface area contributed by atoms with E-state index in [2.05, 4.69) is 52.2 Å². The van der Waals surface area contributed by atoms with E-state index < -0.39 is 23.9 Å². The Labute approximate surface area is 272 Å². The van der Waals surface area contributed by atoms with Gasteiger partial charge in [-0.2, -0.15) is 5.10 Å². The molecule has 16 heteroatoms. The summed E-state index contributed by atoms with van der Waals surface area (Å²) in [6.45, 7) is 2.73. The Morgan fingerprint density at radius 3 is 2.64 bits per heavy atom. The molecule has 0 radical (unpaired) electrons. The number of H-pyrrole nitrogens is 1. The quantitative estimate of drug-likeness (QED) is 0.144. The molecule has 1 aromatic carbocycles. The number of aromatic nitrogens is 7. The van der Waals surface area contributed by atoms with E-state index >= 15 is 0 Å². The monoisotopic (exact) mass is 754 g/mol. The zero-order valence-electron chi connectivity index (χ0n) is 23.4. The summed E-state index contributed by atoms with van der Waals surface area (Å²) >= 11 is 7.85. The van der Waals surface area contributed by atoms with Gasteiger partial charge in [0, 0.05) is 24.7 Å². The minimum Gasteiger partial charge on any atom is -0.472 e. The Hall–Kier alpha value is -3.41. The molecule has 2 aliphatic heterocycles. The predicted molar refractivity (Wildman–Crippen MR) is 163 cm³/mol. The van der Waals surface area contributed by atoms with Gasteiger partial charge in [-0.05, 0) is 65.3 Å². The molecule has 0 unspecified atom stereocenters. The van der Waals surface area contributed by atoms with Gasteiger partial charge in [-0.25, -0.2) is 32.5 Å². The van der Waals surface area contributed by atoms with Crippen LogP contribution in [0.5, 0.6) is 5.88 Å². The standard InChI is InChI=1S/C29H24ClF4IN8O2/c30-15-6-18(31)17(19(32)7-15)13-45-29-20(35)5-14-1-3-42(11-23(14)38-29)12-25-37-21-8-22(27-39-28(26(33)34)41-40-27)36-9-24(21)43(25)10-16-2-4-44-16/h5-9,16,26H,1-4,10-13H2,(H,39,40,41)/t16-/m0/s1. The molecule has 5 aromatic rings. The second-order valence-electron chi connectivity index (χ2n) is 10.8. The third kappa shape index (κ3) is 6.22. The molecule has 0 aliphatic carbocycles. The van der Waals surface area contributed by atoms with Crippen molar-refractivity contribution in [3.05, 3.63) is 79.2 Å². The van der Waals surface area contributed by atoms with E-state index in [1.165, 1.54) is 0 Å². The maximum atomic E-state index is 14.3. The van der Waals surface area contributed by atoms with Gasteiger partial charge in [-0.15, -0.1) is 0 Å². The molecule has 2 aliphatic rings. The van der Waals surface area contributed by atoms with Crippen LogP contribution in [0, 0.1) is 15.2 Å². The summed E-state index contributed by atoms with van der Waals surface area (Å²) in [6.07, 6.45) is 0.623. The van der Waals surface area contributed by atoms with Crippen molar-refractivity contribution < 1.29 is 27.0 Å². The van der Waals surface area contributed by atoms with Gasteiger partial charge in [0.2, 0.25) is 5.88 Å². The fourth-order valence-electron chi connectivity index (χ4n) is 5.39. The van der Waals surface area contributed by atoms with Gasteiger partial charge in [0.1, 0.15) is 29.8 Å². The number of rotatable bonds is 9. The van der Waals surface area contributed by atoms with E-state index in [1.54, 1.807) is 12.3 Å². The lowest BCUT2D eigenvalue weighted by Crippen LogP contribution is -2.34. The molecule has 0 bridgehead atoms. The molecule has 4 aromatic heterocycles. The average Bonchev–Trinajstić information content (AvgIpc) is 3.60. The van der Waals surface area contributed by atoms with Crippen LogP contribution < -0.4 is 4.74 Å². The van der Waals surface area contributed by atoms with E-state index in [1.807, 2.05) is 6.07 Å². The molecule has 0 spiro atoms. The van der Waals surface area contributed by atoms with Crippen molar-refractivity contribution in [1.82, 2.24) is 39.6 Å². The fourth-order valence-corrected chi connectivity index (χ4v) is 6.24. The molecule has 1 saturated heterocycles. The number of alkyl halides is 2. The number of aromatic amines is 1. The lowest BCUT2D eigenvalue weighted by Gasteiger charge is -2.30. The third-order valence-electron chi connectivity index (χ3n) is 7.84. The van der Waals surface area contributed by atoms with Crippen molar-refractivity contribution in [2.24, 2.45) is 0 Å². The first-order valence-corrected chi connectivity index (χ1v) is 15.5. The molecular formula is C29H24ClF4IN8O2. The number of hydrogen-bond acceptors (Lipinski definition) is 8. The van der Waals surface area contributed by atoms with E-state index in [-0.39, 0.29) is 29.1 Å². The highest BCUT2D eigenvalue weighted by Gasteiger charge is 2.26. The van der Waals surface area contributed by atoms with Crippen molar-refractivity contribution in [3.8, 4) is 17.4 Å². The van der Waals surface area contributed by atoms with Gasteiger partial charge >= 0.3 is 0 Å². The summed E-state index contributed by atoms with van der Waals surface area (Å²) in [4.78, 5) is 20.1. The number of fused-ring (bicyclic) bond motifs is 2. The van der Waals surface area contributed by atoms with E-state index in [9.17, 15) is 17.6 Å². The molecule has 1 N–H and O–H groups in total. The summed E-state index contributed by atoms with van der Waals surface area (Å²) in [5.41, 5.74) is 3.42. The molecule has 1 atom stereocenters. The molecule has 45 heavy (non-hydrogen) atoms.